The molecule has 12 aromatic rings. The average molecular weight is 885 g/mol. The van der Waals surface area contributed by atoms with Crippen molar-refractivity contribution < 1.29 is 60.3 Å². The number of para-hydroxylation sites is 1. The van der Waals surface area contributed by atoms with Crippen molar-refractivity contribution in [2.24, 2.45) is 0 Å². The van der Waals surface area contributed by atoms with Crippen LogP contribution < -0.4 is 4.90 Å². The van der Waals surface area contributed by atoms with Gasteiger partial charge in [0.05, 0.1) is 77.0 Å². The summed E-state index contributed by atoms with van der Waals surface area (Å²) < 4.78 is 401. The smallest absolute Gasteiger partial charge is 0.0645 e. The molecule has 0 aliphatic carbocycles. The molecule has 0 N–H and O–H groups in total. The molecule has 0 unspecified atom stereocenters. The standard InChI is InChI=1S/C64H44N2/c1-3-13-45(14-4-1)47-25-27-48(28-26-47)49-29-36-56(37-30-49)65(57-38-31-50(32-39-57)54-20-11-19-53(43-54)46-15-5-2-6-16-46)58-40-33-51(34-41-58)55-35-42-64-61(44-55)60-22-9-10-23-63(60)66(64)62-24-12-18-52-17-7-8-21-59(52)62/h1-44H/i1D,2D,3D,4D,5D,6D,7D,8D,9D,10D,11D,12D,13D,14D,15D,16D,17D,18D,19D,20D,21D,22D,23D,24D,25D,26D,27D,28D,29D,30D,31D,32D,33D,34D,35D,36D,37D,38D,39D,40D,41D,42D,43D,44D. The summed E-state index contributed by atoms with van der Waals surface area (Å²) in [6.45, 7) is 0. The Hall–Kier alpha value is -8.72. The minimum absolute atomic E-state index is 0.132. The van der Waals surface area contributed by atoms with Crippen LogP contribution in [0.4, 0.5) is 17.1 Å². The topological polar surface area (TPSA) is 8.17 Å². The summed E-state index contributed by atoms with van der Waals surface area (Å²) in [4.78, 5) is 0.132. The van der Waals surface area contributed by atoms with E-state index in [-0.39, 0.29) is 4.90 Å². The Morgan fingerprint density at radius 2 is 0.621 bits per heavy atom. The number of anilines is 3. The number of nitrogens with zero attached hydrogens (tertiary/aromatic N) is 2. The zero-order valence-electron chi connectivity index (χ0n) is 76.9. The minimum Gasteiger partial charge on any atom is -0.311 e. The second-order valence-electron chi connectivity index (χ2n) is 13.5. The number of hydrogen-bond donors (Lipinski definition) is 0. The van der Waals surface area contributed by atoms with Crippen LogP contribution in [0.15, 0.2) is 266 Å². The predicted octanol–water partition coefficient (Wildman–Crippen LogP) is 17.7. The number of benzene rings is 11. The first-order valence-corrected chi connectivity index (χ1v) is 19.1. The molecule has 2 nitrogen and oxygen atoms in total. The lowest BCUT2D eigenvalue weighted by molar-refractivity contribution is 1.20. The molecule has 0 aliphatic rings. The van der Waals surface area contributed by atoms with Crippen LogP contribution in [-0.4, -0.2) is 4.57 Å². The highest BCUT2D eigenvalue weighted by Gasteiger charge is 2.17. The molecule has 0 fully saturated rings. The Morgan fingerprint density at radius 3 is 1.20 bits per heavy atom. The van der Waals surface area contributed by atoms with Gasteiger partial charge in [0.25, 0.3) is 0 Å². The fourth-order valence-electron chi connectivity index (χ4n) is 6.70. The van der Waals surface area contributed by atoms with E-state index >= 15 is 0 Å². The summed E-state index contributed by atoms with van der Waals surface area (Å²) in [6.07, 6.45) is 0. The van der Waals surface area contributed by atoms with Crippen molar-refractivity contribution in [2.75, 3.05) is 4.90 Å². The van der Waals surface area contributed by atoms with Crippen molar-refractivity contribution in [3.63, 3.8) is 0 Å². The third-order valence-electron chi connectivity index (χ3n) is 9.68. The van der Waals surface area contributed by atoms with Gasteiger partial charge in [-0.15, -0.1) is 0 Å². The second kappa shape index (κ2) is 16.8. The summed E-state index contributed by atoms with van der Waals surface area (Å²) >= 11 is 0. The van der Waals surface area contributed by atoms with Gasteiger partial charge in [0, 0.05) is 33.2 Å². The maximum absolute atomic E-state index is 9.98. The highest BCUT2D eigenvalue weighted by atomic mass is 15.1. The van der Waals surface area contributed by atoms with E-state index in [1.54, 1.807) is 0 Å². The van der Waals surface area contributed by atoms with Crippen LogP contribution >= 0.6 is 0 Å². The summed E-state index contributed by atoms with van der Waals surface area (Å²) in [5, 5.41) is -2.96. The number of aromatic nitrogens is 1. The SMILES string of the molecule is [2H]c1c([2H])c([2H])c(-c2c([2H])c([2H])c(-c3c([2H])c([2H])c(N(c4c([2H])c([2H])c(-c5c([2H])c([2H])c([2H])c(-c6c([2H])c([2H])c([2H])c([2H])c6[2H])c5[2H])c([2H])c4[2H])c4c([2H])c([2H])c(-c5c([2H])c([2H])c6c(c5[2H])c5c([2H])c([2H])c([2H])c([2H])c5n6-c5c([2H])c([2H])c([2H])c6c([2H])c([2H])c([2H])c([2H])c56)c([2H])c4[2H])c([2H])c3[2H])c([2H])c2[2H])c([2H])c1[2H]. The van der Waals surface area contributed by atoms with Crippen LogP contribution in [0, 0.1) is 0 Å². The van der Waals surface area contributed by atoms with E-state index in [1.807, 2.05) is 0 Å². The van der Waals surface area contributed by atoms with Gasteiger partial charge in [-0.3, -0.25) is 0 Å². The van der Waals surface area contributed by atoms with Crippen molar-refractivity contribution in [3.8, 4) is 61.3 Å². The van der Waals surface area contributed by atoms with Crippen LogP contribution in [0.25, 0.3) is 93.9 Å². The molecule has 11 aromatic carbocycles. The third-order valence-corrected chi connectivity index (χ3v) is 9.68. The quantitative estimate of drug-likeness (QED) is 0.140. The molecular formula is C64H44N2. The van der Waals surface area contributed by atoms with E-state index in [0.717, 1.165) is 0 Å². The molecule has 310 valence electrons. The Kier molecular flexibility index (Phi) is 3.66. The fourth-order valence-corrected chi connectivity index (χ4v) is 6.70. The van der Waals surface area contributed by atoms with Gasteiger partial charge in [0.15, 0.2) is 0 Å². The maximum Gasteiger partial charge on any atom is 0.0645 e. The van der Waals surface area contributed by atoms with Gasteiger partial charge >= 0.3 is 0 Å². The summed E-state index contributed by atoms with van der Waals surface area (Å²) in [6, 6.07) is -51.1. The first-order chi connectivity index (χ1) is 51.1. The lowest BCUT2D eigenvalue weighted by Crippen LogP contribution is -2.09. The van der Waals surface area contributed by atoms with Crippen LogP contribution in [-0.2, 0) is 0 Å². The van der Waals surface area contributed by atoms with E-state index in [4.69, 9.17) is 31.5 Å². The Labute approximate surface area is 447 Å². The molecule has 1 aromatic heterocycles. The zero-order chi connectivity index (χ0) is 82.1. The number of hydrogen-bond acceptors (Lipinski definition) is 1. The molecule has 0 aliphatic heterocycles. The molecule has 0 radical (unpaired) electrons. The summed E-state index contributed by atoms with van der Waals surface area (Å²) in [5.74, 6) is 0. The minimum atomic E-state index is -1.51. The van der Waals surface area contributed by atoms with E-state index < -0.39 is 377 Å². The van der Waals surface area contributed by atoms with Crippen molar-refractivity contribution >= 4 is 49.6 Å². The van der Waals surface area contributed by atoms with Gasteiger partial charge in [-0.1, -0.05) is 199 Å². The second-order valence-corrected chi connectivity index (χ2v) is 13.5. The molecule has 0 bridgehead atoms. The monoisotopic (exact) mass is 885 g/mol. The van der Waals surface area contributed by atoms with Crippen LogP contribution in [0.1, 0.15) is 60.3 Å². The molecule has 0 amide bonds. The Morgan fingerprint density at radius 1 is 0.258 bits per heavy atom. The van der Waals surface area contributed by atoms with Gasteiger partial charge in [-0.2, -0.15) is 0 Å². The third kappa shape index (κ3) is 7.21. The molecule has 0 saturated carbocycles. The van der Waals surface area contributed by atoms with Crippen molar-refractivity contribution in [3.05, 3.63) is 266 Å². The fraction of sp³-hybridized carbons (Fsp3) is 0. The van der Waals surface area contributed by atoms with E-state index in [9.17, 15) is 28.8 Å². The largest absolute Gasteiger partial charge is 0.311 e. The predicted molar refractivity (Wildman–Crippen MR) is 280 cm³/mol. The van der Waals surface area contributed by atoms with Gasteiger partial charge < -0.3 is 9.47 Å². The van der Waals surface area contributed by atoms with Crippen molar-refractivity contribution in [2.45, 2.75) is 0 Å². The van der Waals surface area contributed by atoms with Crippen LogP contribution in [0.5, 0.6) is 0 Å². The highest BCUT2D eigenvalue weighted by molar-refractivity contribution is 6.11. The summed E-state index contributed by atoms with van der Waals surface area (Å²) in [5.41, 5.74) is -16.8. The van der Waals surface area contributed by atoms with E-state index in [2.05, 4.69) is 0 Å². The Bertz CT molecular complexity index is 6150. The normalized spacial score (nSPS) is 20.7. The summed E-state index contributed by atoms with van der Waals surface area (Å²) in [7, 11) is 0. The van der Waals surface area contributed by atoms with E-state index in [0.29, 0.717) is 4.57 Å². The van der Waals surface area contributed by atoms with Gasteiger partial charge in [-0.05, 0) is 127 Å². The Balaban J connectivity index is 1.20. The highest BCUT2D eigenvalue weighted by Crippen LogP contribution is 2.40. The molecule has 1 heterocycles. The van der Waals surface area contributed by atoms with Crippen LogP contribution in [0.2, 0.25) is 0 Å². The number of fused-ring (bicyclic) bond motifs is 4. The molecule has 12 rings (SSSR count). The van der Waals surface area contributed by atoms with Gasteiger partial charge in [0.2, 0.25) is 0 Å². The maximum atomic E-state index is 9.98. The lowest BCUT2D eigenvalue weighted by Gasteiger charge is -2.26. The van der Waals surface area contributed by atoms with Crippen LogP contribution in [0.3, 0.4) is 0 Å². The van der Waals surface area contributed by atoms with Crippen molar-refractivity contribution in [1.29, 1.82) is 0 Å². The van der Waals surface area contributed by atoms with Crippen molar-refractivity contribution in [1.82, 2.24) is 4.57 Å². The molecule has 0 spiro atoms. The molecule has 0 atom stereocenters. The van der Waals surface area contributed by atoms with Gasteiger partial charge in [0.1, 0.15) is 0 Å². The number of rotatable bonds is 9. The van der Waals surface area contributed by atoms with E-state index in [1.165, 1.54) is 0 Å². The average Bonchev–Trinajstić information content (AvgIpc) is 1.50. The molecular weight excluding hydrogens is 797 g/mol. The molecule has 66 heavy (non-hydrogen) atoms. The molecule has 2 heteroatoms. The lowest BCUT2D eigenvalue weighted by atomic mass is 9.98. The first kappa shape index (κ1) is 14.4. The first-order valence-electron chi connectivity index (χ1n) is 41.1. The zero-order valence-corrected chi connectivity index (χ0v) is 32.9. The molecule has 0 saturated heterocycles. The van der Waals surface area contributed by atoms with Gasteiger partial charge in [-0.25, -0.2) is 0 Å².